The Balaban J connectivity index is 1.88. The minimum atomic E-state index is -0.611. The lowest BCUT2D eigenvalue weighted by Crippen LogP contribution is -2.31. The van der Waals surface area contributed by atoms with Gasteiger partial charge in [0.2, 0.25) is 0 Å². The number of halogens is 1. The van der Waals surface area contributed by atoms with Crippen molar-refractivity contribution in [1.29, 1.82) is 0 Å². The van der Waals surface area contributed by atoms with Crippen LogP contribution in [-0.4, -0.2) is 38.3 Å². The number of hydrogen-bond acceptors (Lipinski definition) is 3. The van der Waals surface area contributed by atoms with Crippen LogP contribution in [-0.2, 0) is 5.54 Å². The molecule has 1 aliphatic rings. The maximum atomic E-state index is 13.5. The number of aromatic nitrogens is 2. The van der Waals surface area contributed by atoms with Crippen LogP contribution < -0.4 is 0 Å². The molecule has 1 aliphatic heterocycles. The zero-order valence-electron chi connectivity index (χ0n) is 14.1. The molecule has 2 heterocycles. The molecule has 1 N–H and O–H groups in total. The summed E-state index contributed by atoms with van der Waals surface area (Å²) in [7, 11) is 0. The predicted octanol–water partition coefficient (Wildman–Crippen LogP) is 2.73. The van der Waals surface area contributed by atoms with Crippen LogP contribution in [0.4, 0.5) is 4.39 Å². The van der Waals surface area contributed by atoms with Crippen LogP contribution in [0.15, 0.2) is 36.7 Å². The molecule has 24 heavy (non-hydrogen) atoms. The van der Waals surface area contributed by atoms with E-state index in [9.17, 15) is 14.3 Å². The third-order valence-electron chi connectivity index (χ3n) is 4.29. The fraction of sp³-hybridized carbons (Fsp3) is 0.444. The summed E-state index contributed by atoms with van der Waals surface area (Å²) in [6.07, 6.45) is 3.05. The molecule has 2 aromatic rings. The number of carbonyl (C=O) groups excluding carboxylic acids is 1. The van der Waals surface area contributed by atoms with E-state index in [0.29, 0.717) is 17.5 Å². The second-order valence-corrected chi connectivity index (χ2v) is 7.26. The number of benzene rings is 1. The lowest BCUT2D eigenvalue weighted by molar-refractivity contribution is 0.0715. The van der Waals surface area contributed by atoms with Gasteiger partial charge >= 0.3 is 0 Å². The highest BCUT2D eigenvalue weighted by molar-refractivity contribution is 5.94. The molecule has 6 heteroatoms. The van der Waals surface area contributed by atoms with E-state index in [1.165, 1.54) is 12.1 Å². The van der Waals surface area contributed by atoms with Gasteiger partial charge in [0.25, 0.3) is 5.91 Å². The van der Waals surface area contributed by atoms with Crippen molar-refractivity contribution >= 4 is 5.91 Å². The van der Waals surface area contributed by atoms with Crippen molar-refractivity contribution < 1.29 is 14.3 Å². The Kier molecular flexibility index (Phi) is 4.17. The zero-order chi connectivity index (χ0) is 17.5. The minimum Gasteiger partial charge on any atom is -0.391 e. The van der Waals surface area contributed by atoms with Gasteiger partial charge in [-0.25, -0.2) is 4.39 Å². The molecule has 0 unspecified atom stereocenters. The normalized spacial score (nSPS) is 21.3. The minimum absolute atomic E-state index is 0.198. The number of amides is 1. The summed E-state index contributed by atoms with van der Waals surface area (Å²) in [5, 5.41) is 14.3. The summed E-state index contributed by atoms with van der Waals surface area (Å²) in [4.78, 5) is 14.5. The molecule has 1 aromatic carbocycles. The Bertz CT molecular complexity index is 751. The Morgan fingerprint density at radius 1 is 1.38 bits per heavy atom. The lowest BCUT2D eigenvalue weighted by atomic mass is 10.0. The van der Waals surface area contributed by atoms with Crippen LogP contribution in [0.1, 0.15) is 49.2 Å². The Hall–Kier alpha value is -2.21. The van der Waals surface area contributed by atoms with Gasteiger partial charge in [0.05, 0.1) is 29.4 Å². The molecule has 0 aliphatic carbocycles. The first-order chi connectivity index (χ1) is 11.3. The average Bonchev–Trinajstić information content (AvgIpc) is 3.12. The summed E-state index contributed by atoms with van der Waals surface area (Å²) in [6, 6.07) is 5.86. The molecule has 2 atom stereocenters. The molecule has 3 rings (SSSR count). The SMILES string of the molecule is CC(C)(C)n1cc(C(=O)N2C[C@@H](O)C[C@H]2c2cccc(F)c2)cn1. The number of β-amino-alcohol motifs (C(OH)–C–C–N with tert-alkyl or cyclic N) is 1. The molecule has 0 saturated carbocycles. The number of hydrogen-bond donors (Lipinski definition) is 1. The Labute approximate surface area is 140 Å². The molecule has 128 valence electrons. The first-order valence-corrected chi connectivity index (χ1v) is 8.05. The van der Waals surface area contributed by atoms with Gasteiger partial charge in [0, 0.05) is 12.7 Å². The predicted molar refractivity (Wildman–Crippen MR) is 88.0 cm³/mol. The van der Waals surface area contributed by atoms with Gasteiger partial charge in [-0.2, -0.15) is 5.10 Å². The number of rotatable bonds is 2. The third-order valence-corrected chi connectivity index (χ3v) is 4.29. The first-order valence-electron chi connectivity index (χ1n) is 8.05. The van der Waals surface area contributed by atoms with Crippen molar-refractivity contribution in [3.63, 3.8) is 0 Å². The molecule has 0 spiro atoms. The number of aliphatic hydroxyl groups is 1. The van der Waals surface area contributed by atoms with Gasteiger partial charge in [0.1, 0.15) is 5.82 Å². The molecule has 5 nitrogen and oxygen atoms in total. The number of carbonyl (C=O) groups is 1. The van der Waals surface area contributed by atoms with Crippen LogP contribution in [0.3, 0.4) is 0 Å². The number of aliphatic hydroxyl groups excluding tert-OH is 1. The van der Waals surface area contributed by atoms with Gasteiger partial charge in [-0.05, 0) is 44.9 Å². The fourth-order valence-electron chi connectivity index (χ4n) is 3.03. The Morgan fingerprint density at radius 2 is 2.12 bits per heavy atom. The van der Waals surface area contributed by atoms with Gasteiger partial charge < -0.3 is 10.0 Å². The molecular formula is C18H22FN3O2. The summed E-state index contributed by atoms with van der Waals surface area (Å²) < 4.78 is 15.3. The van der Waals surface area contributed by atoms with Crippen molar-refractivity contribution in [3.8, 4) is 0 Å². The van der Waals surface area contributed by atoms with Crippen LogP contribution >= 0.6 is 0 Å². The highest BCUT2D eigenvalue weighted by atomic mass is 19.1. The van der Waals surface area contributed by atoms with Crippen LogP contribution in [0, 0.1) is 5.82 Å². The molecule has 1 aromatic heterocycles. The molecular weight excluding hydrogens is 309 g/mol. The standard InChI is InChI=1S/C18H22FN3O2/c1-18(2,3)22-10-13(9-20-22)17(24)21-11-15(23)8-16(21)12-5-4-6-14(19)7-12/h4-7,9-10,15-16,23H,8,11H2,1-3H3/t15-,16-/m0/s1. The van der Waals surface area contributed by atoms with E-state index in [0.717, 1.165) is 0 Å². The maximum absolute atomic E-state index is 13.5. The van der Waals surface area contributed by atoms with E-state index in [-0.39, 0.29) is 29.8 Å². The highest BCUT2D eigenvalue weighted by Crippen LogP contribution is 2.33. The van der Waals surface area contributed by atoms with Gasteiger partial charge in [-0.1, -0.05) is 12.1 Å². The summed E-state index contributed by atoms with van der Waals surface area (Å²) in [5.74, 6) is -0.543. The second kappa shape index (κ2) is 6.02. The molecule has 1 fully saturated rings. The van der Waals surface area contributed by atoms with Crippen molar-refractivity contribution in [3.05, 3.63) is 53.6 Å². The molecule has 0 bridgehead atoms. The van der Waals surface area contributed by atoms with Gasteiger partial charge in [-0.3, -0.25) is 9.48 Å². The van der Waals surface area contributed by atoms with Crippen LogP contribution in [0.25, 0.3) is 0 Å². The van der Waals surface area contributed by atoms with Crippen LogP contribution in [0.5, 0.6) is 0 Å². The van der Waals surface area contributed by atoms with Crippen molar-refractivity contribution in [2.75, 3.05) is 6.54 Å². The number of nitrogens with zero attached hydrogens (tertiary/aromatic N) is 3. The molecule has 0 radical (unpaired) electrons. The van der Waals surface area contributed by atoms with Crippen LogP contribution in [0.2, 0.25) is 0 Å². The average molecular weight is 331 g/mol. The summed E-state index contributed by atoms with van der Waals surface area (Å²) >= 11 is 0. The van der Waals surface area contributed by atoms with E-state index < -0.39 is 6.10 Å². The lowest BCUT2D eigenvalue weighted by Gasteiger charge is -2.24. The Morgan fingerprint density at radius 3 is 2.75 bits per heavy atom. The smallest absolute Gasteiger partial charge is 0.257 e. The third kappa shape index (κ3) is 3.19. The van der Waals surface area contributed by atoms with E-state index in [2.05, 4.69) is 5.10 Å². The molecule has 1 amide bonds. The zero-order valence-corrected chi connectivity index (χ0v) is 14.1. The second-order valence-electron chi connectivity index (χ2n) is 7.26. The van der Waals surface area contributed by atoms with E-state index in [1.807, 2.05) is 20.8 Å². The van der Waals surface area contributed by atoms with Gasteiger partial charge in [0.15, 0.2) is 0 Å². The van der Waals surface area contributed by atoms with E-state index in [1.54, 1.807) is 34.1 Å². The molecule has 1 saturated heterocycles. The quantitative estimate of drug-likeness (QED) is 0.920. The van der Waals surface area contributed by atoms with E-state index in [4.69, 9.17) is 0 Å². The van der Waals surface area contributed by atoms with E-state index >= 15 is 0 Å². The summed E-state index contributed by atoms with van der Waals surface area (Å²) in [6.45, 7) is 6.25. The topological polar surface area (TPSA) is 58.4 Å². The monoisotopic (exact) mass is 331 g/mol. The maximum Gasteiger partial charge on any atom is 0.257 e. The van der Waals surface area contributed by atoms with Gasteiger partial charge in [-0.15, -0.1) is 0 Å². The number of likely N-dealkylation sites (tertiary alicyclic amines) is 1. The largest absolute Gasteiger partial charge is 0.391 e. The van der Waals surface area contributed by atoms with Crippen molar-refractivity contribution in [2.24, 2.45) is 0 Å². The fourth-order valence-corrected chi connectivity index (χ4v) is 3.03. The van der Waals surface area contributed by atoms with Crippen molar-refractivity contribution in [2.45, 2.75) is 44.9 Å². The highest BCUT2D eigenvalue weighted by Gasteiger charge is 2.36. The van der Waals surface area contributed by atoms with Crippen molar-refractivity contribution in [1.82, 2.24) is 14.7 Å². The summed E-state index contributed by atoms with van der Waals surface area (Å²) in [5.41, 5.74) is 0.953. The first kappa shape index (κ1) is 16.6.